The number of thiophene rings is 1. The Morgan fingerprint density at radius 3 is 2.68 bits per heavy atom. The number of ether oxygens (including phenoxy) is 2. The molecule has 0 aliphatic carbocycles. The first kappa shape index (κ1) is 13.5. The van der Waals surface area contributed by atoms with Gasteiger partial charge in [0.25, 0.3) is 0 Å². The van der Waals surface area contributed by atoms with Crippen LogP contribution >= 0.6 is 11.3 Å². The highest BCUT2D eigenvalue weighted by atomic mass is 32.1. The predicted octanol–water partition coefficient (Wildman–Crippen LogP) is 3.66. The highest BCUT2D eigenvalue weighted by Crippen LogP contribution is 2.37. The first-order valence-electron chi connectivity index (χ1n) is 5.59. The third kappa shape index (κ3) is 2.33. The highest BCUT2D eigenvalue weighted by Gasteiger charge is 2.21. The average Bonchev–Trinajstić information content (AvgIpc) is 2.80. The number of methoxy groups -OCH3 is 2. The predicted molar refractivity (Wildman–Crippen MR) is 72.3 cm³/mol. The lowest BCUT2D eigenvalue weighted by molar-refractivity contribution is 0.0607. The molecule has 0 unspecified atom stereocenters. The van der Waals surface area contributed by atoms with Crippen molar-refractivity contribution in [2.75, 3.05) is 14.2 Å². The van der Waals surface area contributed by atoms with Gasteiger partial charge in [-0.05, 0) is 23.9 Å². The van der Waals surface area contributed by atoms with Crippen molar-refractivity contribution in [1.82, 2.24) is 0 Å². The van der Waals surface area contributed by atoms with Gasteiger partial charge < -0.3 is 9.47 Å². The Kier molecular flexibility index (Phi) is 3.85. The van der Waals surface area contributed by atoms with Crippen LogP contribution in [0.5, 0.6) is 5.75 Å². The van der Waals surface area contributed by atoms with Crippen molar-refractivity contribution in [3.63, 3.8) is 0 Å². The van der Waals surface area contributed by atoms with Gasteiger partial charge in [-0.2, -0.15) is 0 Å². The third-order valence-electron chi connectivity index (χ3n) is 2.80. The Morgan fingerprint density at radius 1 is 1.32 bits per heavy atom. The lowest BCUT2D eigenvalue weighted by Gasteiger charge is -2.09. The molecule has 100 valence electrons. The molecular formula is C14H13FO3S. The molecule has 0 fully saturated rings. The van der Waals surface area contributed by atoms with Crippen LogP contribution in [0.25, 0.3) is 11.1 Å². The summed E-state index contributed by atoms with van der Waals surface area (Å²) in [5, 5.41) is 1.81. The Morgan fingerprint density at radius 2 is 2.05 bits per heavy atom. The van der Waals surface area contributed by atoms with E-state index < -0.39 is 11.8 Å². The molecule has 1 aromatic carbocycles. The molecule has 0 saturated carbocycles. The van der Waals surface area contributed by atoms with Gasteiger partial charge in [-0.25, -0.2) is 9.18 Å². The van der Waals surface area contributed by atoms with Gasteiger partial charge in [0.15, 0.2) is 11.6 Å². The smallest absolute Gasteiger partial charge is 0.348 e. The van der Waals surface area contributed by atoms with E-state index in [4.69, 9.17) is 9.47 Å². The lowest BCUT2D eigenvalue weighted by atomic mass is 10.0. The molecule has 5 heteroatoms. The summed E-state index contributed by atoms with van der Waals surface area (Å²) in [6.45, 7) is 1.83. The van der Waals surface area contributed by atoms with Crippen molar-refractivity contribution in [3.8, 4) is 16.9 Å². The molecule has 0 aliphatic heterocycles. The third-order valence-corrected chi connectivity index (χ3v) is 3.88. The number of halogens is 1. The van der Waals surface area contributed by atoms with Gasteiger partial charge in [0.1, 0.15) is 4.88 Å². The van der Waals surface area contributed by atoms with E-state index in [1.165, 1.54) is 25.6 Å². The quantitative estimate of drug-likeness (QED) is 0.805. The van der Waals surface area contributed by atoms with E-state index >= 15 is 0 Å². The Labute approximate surface area is 114 Å². The Bertz CT molecular complexity index is 619. The lowest BCUT2D eigenvalue weighted by Crippen LogP contribution is -2.01. The minimum absolute atomic E-state index is 0.152. The Balaban J connectivity index is 2.65. The van der Waals surface area contributed by atoms with Crippen LogP contribution in [0, 0.1) is 12.7 Å². The molecule has 0 amide bonds. The maximum Gasteiger partial charge on any atom is 0.348 e. The molecule has 3 nitrogen and oxygen atoms in total. The van der Waals surface area contributed by atoms with Crippen LogP contribution < -0.4 is 4.74 Å². The van der Waals surface area contributed by atoms with Gasteiger partial charge in [0.05, 0.1) is 14.2 Å². The van der Waals surface area contributed by atoms with Crippen molar-refractivity contribution < 1.29 is 18.7 Å². The number of hydrogen-bond acceptors (Lipinski definition) is 4. The maximum atomic E-state index is 14.3. The van der Waals surface area contributed by atoms with Crippen LogP contribution in [-0.4, -0.2) is 20.2 Å². The molecule has 2 rings (SSSR count). The fourth-order valence-electron chi connectivity index (χ4n) is 1.88. The number of rotatable bonds is 3. The van der Waals surface area contributed by atoms with E-state index in [0.29, 0.717) is 16.0 Å². The number of esters is 1. The van der Waals surface area contributed by atoms with Gasteiger partial charge >= 0.3 is 5.97 Å². The summed E-state index contributed by atoms with van der Waals surface area (Å²) in [7, 11) is 2.72. The molecule has 0 saturated heterocycles. The van der Waals surface area contributed by atoms with Gasteiger partial charge in [-0.15, -0.1) is 11.3 Å². The van der Waals surface area contributed by atoms with Crippen LogP contribution in [0.15, 0.2) is 23.6 Å². The van der Waals surface area contributed by atoms with E-state index in [9.17, 15) is 9.18 Å². The van der Waals surface area contributed by atoms with Crippen molar-refractivity contribution in [3.05, 3.63) is 39.8 Å². The zero-order chi connectivity index (χ0) is 14.0. The molecule has 0 atom stereocenters. The van der Waals surface area contributed by atoms with Crippen LogP contribution in [0.1, 0.15) is 15.2 Å². The first-order chi connectivity index (χ1) is 9.10. The SMILES string of the molecule is COC(=O)c1scc(C)c1-c1cccc(OC)c1F. The van der Waals surface area contributed by atoms with Crippen LogP contribution in [0.3, 0.4) is 0 Å². The van der Waals surface area contributed by atoms with Crippen molar-refractivity contribution >= 4 is 17.3 Å². The number of aryl methyl sites for hydroxylation is 1. The topological polar surface area (TPSA) is 35.5 Å². The zero-order valence-electron chi connectivity index (χ0n) is 10.8. The van der Waals surface area contributed by atoms with Gasteiger partial charge in [-0.1, -0.05) is 12.1 Å². The molecule has 0 bridgehead atoms. The van der Waals surface area contributed by atoms with E-state index in [2.05, 4.69) is 0 Å². The molecule has 2 aromatic rings. The van der Waals surface area contributed by atoms with Gasteiger partial charge in [-0.3, -0.25) is 0 Å². The molecule has 19 heavy (non-hydrogen) atoms. The van der Waals surface area contributed by atoms with E-state index in [0.717, 1.165) is 5.56 Å². The van der Waals surface area contributed by atoms with Crippen LogP contribution in [0.2, 0.25) is 0 Å². The van der Waals surface area contributed by atoms with Crippen molar-refractivity contribution in [1.29, 1.82) is 0 Å². The van der Waals surface area contributed by atoms with Crippen LogP contribution in [0.4, 0.5) is 4.39 Å². The second kappa shape index (κ2) is 5.40. The van der Waals surface area contributed by atoms with Gasteiger partial charge in [0, 0.05) is 11.1 Å². The first-order valence-corrected chi connectivity index (χ1v) is 6.47. The minimum Gasteiger partial charge on any atom is -0.494 e. The monoisotopic (exact) mass is 280 g/mol. The summed E-state index contributed by atoms with van der Waals surface area (Å²) in [6, 6.07) is 4.85. The van der Waals surface area contributed by atoms with Gasteiger partial charge in [0.2, 0.25) is 0 Å². The number of carbonyl (C=O) groups excluding carboxylic acids is 1. The maximum absolute atomic E-state index is 14.3. The fourth-order valence-corrected chi connectivity index (χ4v) is 2.86. The second-order valence-electron chi connectivity index (χ2n) is 3.94. The molecular weight excluding hydrogens is 267 g/mol. The number of benzene rings is 1. The fraction of sp³-hybridized carbons (Fsp3) is 0.214. The van der Waals surface area contributed by atoms with Crippen molar-refractivity contribution in [2.24, 2.45) is 0 Å². The van der Waals surface area contributed by atoms with E-state index in [1.807, 2.05) is 6.92 Å². The average molecular weight is 280 g/mol. The number of carbonyl (C=O) groups is 1. The van der Waals surface area contributed by atoms with E-state index in [-0.39, 0.29) is 5.75 Å². The summed E-state index contributed by atoms with van der Waals surface area (Å²) in [4.78, 5) is 12.1. The molecule has 0 N–H and O–H groups in total. The van der Waals surface area contributed by atoms with Crippen LogP contribution in [-0.2, 0) is 4.74 Å². The summed E-state index contributed by atoms with van der Waals surface area (Å²) in [5.74, 6) is -0.786. The largest absolute Gasteiger partial charge is 0.494 e. The van der Waals surface area contributed by atoms with E-state index in [1.54, 1.807) is 23.6 Å². The standard InChI is InChI=1S/C14H13FO3S/c1-8-7-19-13(14(16)18-3)11(8)9-5-4-6-10(17-2)12(9)15/h4-7H,1-3H3. The number of hydrogen-bond donors (Lipinski definition) is 0. The minimum atomic E-state index is -0.475. The summed E-state index contributed by atoms with van der Waals surface area (Å²) >= 11 is 1.24. The molecule has 1 aromatic heterocycles. The summed E-state index contributed by atoms with van der Waals surface area (Å²) in [5.41, 5.74) is 1.74. The Hall–Kier alpha value is -1.88. The molecule has 0 radical (unpaired) electrons. The summed E-state index contributed by atoms with van der Waals surface area (Å²) < 4.78 is 24.0. The highest BCUT2D eigenvalue weighted by molar-refractivity contribution is 7.12. The zero-order valence-corrected chi connectivity index (χ0v) is 11.6. The molecule has 0 aliphatic rings. The molecule has 0 spiro atoms. The van der Waals surface area contributed by atoms with Crippen molar-refractivity contribution in [2.45, 2.75) is 6.92 Å². The summed E-state index contributed by atoms with van der Waals surface area (Å²) in [6.07, 6.45) is 0. The molecule has 1 heterocycles. The normalized spacial score (nSPS) is 10.3. The second-order valence-corrected chi connectivity index (χ2v) is 4.82.